The van der Waals surface area contributed by atoms with Gasteiger partial charge in [-0.15, -0.1) is 3.89 Å². The summed E-state index contributed by atoms with van der Waals surface area (Å²) in [6.45, 7) is 0. The largest absolute Gasteiger partial charge is 0.303 e. The molecular formula is C7H9F3O2S. The van der Waals surface area contributed by atoms with Gasteiger partial charge in [0.1, 0.15) is 0 Å². The Balaban J connectivity index is 2.24. The fraction of sp³-hybridized carbons (Fsp3) is 1.00. The van der Waals surface area contributed by atoms with E-state index in [0.29, 0.717) is 12.8 Å². The van der Waals surface area contributed by atoms with E-state index in [1.807, 2.05) is 0 Å². The Morgan fingerprint density at radius 3 is 2.38 bits per heavy atom. The standard InChI is InChI=1S/C7H9F3O2S/c8-7(9)5-2-1-3-6(5,7)4-13(10,11)12/h5H,1-4H2. The average Bonchev–Trinajstić information content (AvgIpc) is 2.31. The number of halogens is 3. The van der Waals surface area contributed by atoms with E-state index in [1.165, 1.54) is 0 Å². The van der Waals surface area contributed by atoms with E-state index in [9.17, 15) is 21.1 Å². The molecule has 0 aromatic carbocycles. The molecule has 0 aromatic rings. The summed E-state index contributed by atoms with van der Waals surface area (Å²) in [5, 5.41) is 0. The summed E-state index contributed by atoms with van der Waals surface area (Å²) in [7, 11) is -4.78. The van der Waals surface area contributed by atoms with Gasteiger partial charge in [-0.1, -0.05) is 6.42 Å². The van der Waals surface area contributed by atoms with Crippen molar-refractivity contribution >= 4 is 10.2 Å². The van der Waals surface area contributed by atoms with Crippen LogP contribution in [0.25, 0.3) is 0 Å². The lowest BCUT2D eigenvalue weighted by Gasteiger charge is -2.10. The number of hydrogen-bond donors (Lipinski definition) is 0. The zero-order chi connectivity index (χ0) is 9.91. The molecule has 0 spiro atoms. The first kappa shape index (κ1) is 9.30. The summed E-state index contributed by atoms with van der Waals surface area (Å²) in [6, 6.07) is 0. The first-order valence-electron chi connectivity index (χ1n) is 4.10. The van der Waals surface area contributed by atoms with Crippen LogP contribution in [0, 0.1) is 11.3 Å². The fourth-order valence-corrected chi connectivity index (χ4v) is 3.74. The van der Waals surface area contributed by atoms with Crippen LogP contribution in [0.4, 0.5) is 12.7 Å². The minimum absolute atomic E-state index is 0.133. The predicted octanol–water partition coefficient (Wildman–Crippen LogP) is 1.72. The van der Waals surface area contributed by atoms with Crippen LogP contribution >= 0.6 is 0 Å². The highest BCUT2D eigenvalue weighted by Crippen LogP contribution is 2.74. The molecule has 0 bridgehead atoms. The van der Waals surface area contributed by atoms with Crippen LogP contribution in [0.1, 0.15) is 19.3 Å². The highest BCUT2D eigenvalue weighted by Gasteiger charge is 2.82. The highest BCUT2D eigenvalue weighted by molar-refractivity contribution is 7.86. The Labute approximate surface area is 74.3 Å². The van der Waals surface area contributed by atoms with Crippen LogP contribution in [0.3, 0.4) is 0 Å². The van der Waals surface area contributed by atoms with Gasteiger partial charge in [0.2, 0.25) is 0 Å². The van der Waals surface area contributed by atoms with Crippen LogP contribution in [0.5, 0.6) is 0 Å². The second-order valence-electron chi connectivity index (χ2n) is 3.91. The third-order valence-electron chi connectivity index (χ3n) is 3.23. The van der Waals surface area contributed by atoms with Gasteiger partial charge in [-0.25, -0.2) is 8.78 Å². The second-order valence-corrected chi connectivity index (χ2v) is 5.27. The molecule has 2 fully saturated rings. The van der Waals surface area contributed by atoms with Gasteiger partial charge >= 0.3 is 10.2 Å². The van der Waals surface area contributed by atoms with Crippen LogP contribution in [-0.4, -0.2) is 20.1 Å². The van der Waals surface area contributed by atoms with Crippen molar-refractivity contribution in [1.82, 2.24) is 0 Å². The third-order valence-corrected chi connectivity index (χ3v) is 4.09. The molecule has 2 rings (SSSR count). The zero-order valence-corrected chi connectivity index (χ0v) is 7.58. The maximum atomic E-state index is 13.0. The minimum atomic E-state index is -4.78. The summed E-state index contributed by atoms with van der Waals surface area (Å²) in [5.41, 5.74) is -1.55. The van der Waals surface area contributed by atoms with Crippen molar-refractivity contribution in [3.8, 4) is 0 Å². The average molecular weight is 214 g/mol. The van der Waals surface area contributed by atoms with E-state index in [-0.39, 0.29) is 6.42 Å². The van der Waals surface area contributed by atoms with Crippen molar-refractivity contribution in [3.05, 3.63) is 0 Å². The predicted molar refractivity (Wildman–Crippen MR) is 39.6 cm³/mol. The minimum Gasteiger partial charge on any atom is -0.206 e. The third kappa shape index (κ3) is 1.11. The molecule has 0 aliphatic heterocycles. The Kier molecular flexibility index (Phi) is 1.58. The monoisotopic (exact) mass is 214 g/mol. The summed E-state index contributed by atoms with van der Waals surface area (Å²) >= 11 is 0. The smallest absolute Gasteiger partial charge is 0.206 e. The van der Waals surface area contributed by atoms with Crippen molar-refractivity contribution < 1.29 is 21.1 Å². The van der Waals surface area contributed by atoms with Gasteiger partial charge in [0.05, 0.1) is 11.2 Å². The van der Waals surface area contributed by atoms with E-state index in [4.69, 9.17) is 0 Å². The van der Waals surface area contributed by atoms with E-state index < -0.39 is 33.2 Å². The van der Waals surface area contributed by atoms with Crippen LogP contribution < -0.4 is 0 Å². The van der Waals surface area contributed by atoms with Gasteiger partial charge in [0.25, 0.3) is 5.92 Å². The van der Waals surface area contributed by atoms with E-state index in [0.717, 1.165) is 0 Å². The number of fused-ring (bicyclic) bond motifs is 1. The summed E-state index contributed by atoms with van der Waals surface area (Å²) < 4.78 is 58.9. The Morgan fingerprint density at radius 2 is 2.00 bits per heavy atom. The molecule has 13 heavy (non-hydrogen) atoms. The molecule has 0 amide bonds. The number of rotatable bonds is 2. The molecule has 0 N–H and O–H groups in total. The normalized spacial score (nSPS) is 41.6. The number of alkyl halides is 2. The van der Waals surface area contributed by atoms with Crippen molar-refractivity contribution in [3.63, 3.8) is 0 Å². The first-order valence-corrected chi connectivity index (χ1v) is 5.65. The molecule has 2 unspecified atom stereocenters. The van der Waals surface area contributed by atoms with Crippen LogP contribution in [-0.2, 0) is 10.2 Å². The van der Waals surface area contributed by atoms with Gasteiger partial charge in [-0.05, 0) is 12.8 Å². The van der Waals surface area contributed by atoms with E-state index in [1.54, 1.807) is 0 Å². The van der Waals surface area contributed by atoms with Crippen molar-refractivity contribution in [2.24, 2.45) is 11.3 Å². The van der Waals surface area contributed by atoms with Crippen LogP contribution in [0.15, 0.2) is 0 Å². The molecule has 0 aromatic heterocycles. The Bertz CT molecular complexity index is 338. The molecule has 0 radical (unpaired) electrons. The lowest BCUT2D eigenvalue weighted by Crippen LogP contribution is -2.20. The van der Waals surface area contributed by atoms with Gasteiger partial charge in [0, 0.05) is 5.92 Å². The van der Waals surface area contributed by atoms with Gasteiger partial charge in [-0.2, -0.15) is 8.42 Å². The number of hydrogen-bond acceptors (Lipinski definition) is 2. The molecular weight excluding hydrogens is 205 g/mol. The molecule has 2 nitrogen and oxygen atoms in total. The molecule has 2 aliphatic carbocycles. The zero-order valence-electron chi connectivity index (χ0n) is 6.76. The van der Waals surface area contributed by atoms with E-state index in [2.05, 4.69) is 0 Å². The SMILES string of the molecule is O=S(=O)(F)CC12CCCC1C2(F)F. The van der Waals surface area contributed by atoms with Crippen LogP contribution in [0.2, 0.25) is 0 Å². The molecule has 76 valence electrons. The molecule has 2 saturated carbocycles. The topological polar surface area (TPSA) is 34.1 Å². The molecule has 6 heteroatoms. The van der Waals surface area contributed by atoms with Gasteiger partial charge < -0.3 is 0 Å². The maximum Gasteiger partial charge on any atom is 0.303 e. The molecule has 0 heterocycles. The lowest BCUT2D eigenvalue weighted by atomic mass is 10.1. The quantitative estimate of drug-likeness (QED) is 0.656. The maximum absolute atomic E-state index is 13.0. The second kappa shape index (κ2) is 2.21. The molecule has 2 aliphatic rings. The van der Waals surface area contributed by atoms with Crippen molar-refractivity contribution in [2.45, 2.75) is 25.2 Å². The van der Waals surface area contributed by atoms with Crippen molar-refractivity contribution in [2.75, 3.05) is 5.75 Å². The molecule has 0 saturated heterocycles. The summed E-state index contributed by atoms with van der Waals surface area (Å²) in [6.07, 6.45) is 1.03. The van der Waals surface area contributed by atoms with Gasteiger partial charge in [0.15, 0.2) is 0 Å². The lowest BCUT2D eigenvalue weighted by molar-refractivity contribution is 0.0503. The Hall–Kier alpha value is -0.260. The molecule has 2 atom stereocenters. The van der Waals surface area contributed by atoms with E-state index >= 15 is 0 Å². The highest BCUT2D eigenvalue weighted by atomic mass is 32.3. The van der Waals surface area contributed by atoms with Gasteiger partial charge in [-0.3, -0.25) is 0 Å². The summed E-state index contributed by atoms with van der Waals surface area (Å²) in [5.74, 6) is -4.85. The Morgan fingerprint density at radius 1 is 1.38 bits per heavy atom. The van der Waals surface area contributed by atoms with Crippen molar-refractivity contribution in [1.29, 1.82) is 0 Å². The first-order chi connectivity index (χ1) is 5.80. The fourth-order valence-electron chi connectivity index (χ4n) is 2.59. The summed E-state index contributed by atoms with van der Waals surface area (Å²) in [4.78, 5) is 0.